The highest BCUT2D eigenvalue weighted by Gasteiger charge is 2.11. The van der Waals surface area contributed by atoms with Crippen LogP contribution < -0.4 is 4.74 Å². The van der Waals surface area contributed by atoms with Gasteiger partial charge in [-0.3, -0.25) is 0 Å². The van der Waals surface area contributed by atoms with E-state index < -0.39 is 0 Å². The molecule has 0 aromatic heterocycles. The predicted molar refractivity (Wildman–Crippen MR) is 84.9 cm³/mol. The van der Waals surface area contributed by atoms with Gasteiger partial charge in [0, 0.05) is 26.5 Å². The SMILES string of the molecule is Clc1cccc(Cl)c1COc1c(Cl)cccc1CBr. The minimum absolute atomic E-state index is 0.280. The molecule has 0 saturated carbocycles. The van der Waals surface area contributed by atoms with Gasteiger partial charge in [0.05, 0.1) is 5.02 Å². The molecule has 0 aliphatic heterocycles. The molecule has 0 saturated heterocycles. The molecule has 0 radical (unpaired) electrons. The predicted octanol–water partition coefficient (Wildman–Crippen LogP) is 6.12. The third-order valence-electron chi connectivity index (χ3n) is 2.62. The smallest absolute Gasteiger partial charge is 0.142 e. The highest BCUT2D eigenvalue weighted by Crippen LogP contribution is 2.32. The Kier molecular flexibility index (Phi) is 5.40. The average molecular weight is 380 g/mol. The van der Waals surface area contributed by atoms with Crippen LogP contribution in [-0.2, 0) is 11.9 Å². The minimum atomic E-state index is 0.280. The maximum absolute atomic E-state index is 6.14. The lowest BCUT2D eigenvalue weighted by atomic mass is 10.2. The molecule has 0 atom stereocenters. The zero-order valence-electron chi connectivity index (χ0n) is 9.80. The van der Waals surface area contributed by atoms with Crippen molar-refractivity contribution in [3.63, 3.8) is 0 Å². The summed E-state index contributed by atoms with van der Waals surface area (Å²) in [4.78, 5) is 0. The summed E-state index contributed by atoms with van der Waals surface area (Å²) in [6.07, 6.45) is 0. The summed E-state index contributed by atoms with van der Waals surface area (Å²) in [6, 6.07) is 11.0. The summed E-state index contributed by atoms with van der Waals surface area (Å²) in [5.41, 5.74) is 1.74. The quantitative estimate of drug-likeness (QED) is 0.581. The molecule has 0 amide bonds. The van der Waals surface area contributed by atoms with Gasteiger partial charge in [-0.2, -0.15) is 0 Å². The molecular formula is C14H10BrCl3O. The third kappa shape index (κ3) is 3.57. The van der Waals surface area contributed by atoms with Crippen LogP contribution in [0.4, 0.5) is 0 Å². The van der Waals surface area contributed by atoms with Crippen LogP contribution in [0.2, 0.25) is 15.1 Å². The van der Waals surface area contributed by atoms with Crippen molar-refractivity contribution in [2.75, 3.05) is 0 Å². The van der Waals surface area contributed by atoms with E-state index in [0.717, 1.165) is 11.1 Å². The number of benzene rings is 2. The molecular weight excluding hydrogens is 370 g/mol. The first-order valence-electron chi connectivity index (χ1n) is 5.52. The maximum atomic E-state index is 6.14. The second-order valence-electron chi connectivity index (χ2n) is 3.85. The van der Waals surface area contributed by atoms with Crippen molar-refractivity contribution in [3.05, 3.63) is 62.6 Å². The summed E-state index contributed by atoms with van der Waals surface area (Å²) in [5.74, 6) is 0.650. The maximum Gasteiger partial charge on any atom is 0.142 e. The van der Waals surface area contributed by atoms with Gasteiger partial charge in [0.2, 0.25) is 0 Å². The molecule has 1 nitrogen and oxygen atoms in total. The van der Waals surface area contributed by atoms with E-state index in [2.05, 4.69) is 15.9 Å². The van der Waals surface area contributed by atoms with E-state index in [1.54, 1.807) is 24.3 Å². The number of alkyl halides is 1. The number of rotatable bonds is 4. The van der Waals surface area contributed by atoms with Crippen LogP contribution in [0.3, 0.4) is 0 Å². The first-order valence-corrected chi connectivity index (χ1v) is 7.78. The van der Waals surface area contributed by atoms with Crippen LogP contribution in [-0.4, -0.2) is 0 Å². The molecule has 0 aliphatic carbocycles. The Balaban J connectivity index is 2.24. The average Bonchev–Trinajstić information content (AvgIpc) is 2.39. The monoisotopic (exact) mass is 378 g/mol. The van der Waals surface area contributed by atoms with E-state index in [4.69, 9.17) is 39.5 Å². The zero-order chi connectivity index (χ0) is 13.8. The highest BCUT2D eigenvalue weighted by atomic mass is 79.9. The lowest BCUT2D eigenvalue weighted by molar-refractivity contribution is 0.304. The Bertz CT molecular complexity index is 567. The summed E-state index contributed by atoms with van der Waals surface area (Å²) >= 11 is 21.8. The molecule has 19 heavy (non-hydrogen) atoms. The van der Waals surface area contributed by atoms with Gasteiger partial charge in [-0.15, -0.1) is 0 Å². The Labute approximate surface area is 135 Å². The van der Waals surface area contributed by atoms with Crippen LogP contribution in [0.5, 0.6) is 5.75 Å². The molecule has 2 aromatic carbocycles. The fourth-order valence-corrected chi connectivity index (χ4v) is 2.83. The van der Waals surface area contributed by atoms with Gasteiger partial charge in [-0.05, 0) is 18.2 Å². The second-order valence-corrected chi connectivity index (χ2v) is 5.63. The van der Waals surface area contributed by atoms with Gasteiger partial charge in [-0.25, -0.2) is 0 Å². The fraction of sp³-hybridized carbons (Fsp3) is 0.143. The van der Waals surface area contributed by atoms with Crippen molar-refractivity contribution < 1.29 is 4.74 Å². The van der Waals surface area contributed by atoms with E-state index in [1.807, 2.05) is 12.1 Å². The van der Waals surface area contributed by atoms with Crippen LogP contribution >= 0.6 is 50.7 Å². The van der Waals surface area contributed by atoms with E-state index in [9.17, 15) is 0 Å². The van der Waals surface area contributed by atoms with Crippen LogP contribution in [0.25, 0.3) is 0 Å². The molecule has 0 heterocycles. The first-order chi connectivity index (χ1) is 9.13. The van der Waals surface area contributed by atoms with E-state index >= 15 is 0 Å². The number of halogens is 4. The Hall–Kier alpha value is -0.410. The summed E-state index contributed by atoms with van der Waals surface area (Å²) < 4.78 is 5.78. The van der Waals surface area contributed by atoms with Gasteiger partial charge in [0.1, 0.15) is 12.4 Å². The molecule has 2 rings (SSSR count). The van der Waals surface area contributed by atoms with Crippen molar-refractivity contribution >= 4 is 50.7 Å². The standard InChI is InChI=1S/C14H10BrCl3O/c15-7-9-3-1-6-13(18)14(9)19-8-10-11(16)4-2-5-12(10)17/h1-6H,7-8H2. The summed E-state index contributed by atoms with van der Waals surface area (Å²) in [7, 11) is 0. The van der Waals surface area contributed by atoms with Crippen molar-refractivity contribution in [3.8, 4) is 5.75 Å². The molecule has 0 unspecified atom stereocenters. The van der Waals surface area contributed by atoms with Crippen LogP contribution in [0, 0.1) is 0 Å². The topological polar surface area (TPSA) is 9.23 Å². The van der Waals surface area contributed by atoms with Crippen LogP contribution in [0.1, 0.15) is 11.1 Å². The number of para-hydroxylation sites is 1. The largest absolute Gasteiger partial charge is 0.487 e. The van der Waals surface area contributed by atoms with Crippen molar-refractivity contribution in [2.45, 2.75) is 11.9 Å². The highest BCUT2D eigenvalue weighted by molar-refractivity contribution is 9.08. The molecule has 0 bridgehead atoms. The third-order valence-corrected chi connectivity index (χ3v) is 4.22. The molecule has 0 fully saturated rings. The molecule has 0 spiro atoms. The van der Waals surface area contributed by atoms with E-state index in [-0.39, 0.29) is 6.61 Å². The van der Waals surface area contributed by atoms with Crippen molar-refractivity contribution in [1.29, 1.82) is 0 Å². The number of hydrogen-bond acceptors (Lipinski definition) is 1. The molecule has 0 N–H and O–H groups in total. The Morgan fingerprint density at radius 2 is 1.47 bits per heavy atom. The van der Waals surface area contributed by atoms with E-state index in [1.165, 1.54) is 0 Å². The molecule has 5 heteroatoms. The van der Waals surface area contributed by atoms with E-state index in [0.29, 0.717) is 26.1 Å². The minimum Gasteiger partial charge on any atom is -0.487 e. The van der Waals surface area contributed by atoms with Gasteiger partial charge in [0.25, 0.3) is 0 Å². The number of hydrogen-bond donors (Lipinski definition) is 0. The lowest BCUT2D eigenvalue weighted by Gasteiger charge is -2.13. The van der Waals surface area contributed by atoms with Crippen molar-refractivity contribution in [1.82, 2.24) is 0 Å². The van der Waals surface area contributed by atoms with Gasteiger partial charge in [-0.1, -0.05) is 68.9 Å². The number of ether oxygens (including phenoxy) is 1. The summed E-state index contributed by atoms with van der Waals surface area (Å²) in [6.45, 7) is 0.280. The summed E-state index contributed by atoms with van der Waals surface area (Å²) in [5, 5.41) is 2.40. The van der Waals surface area contributed by atoms with Crippen molar-refractivity contribution in [2.24, 2.45) is 0 Å². The Morgan fingerprint density at radius 3 is 2.11 bits per heavy atom. The Morgan fingerprint density at radius 1 is 0.895 bits per heavy atom. The molecule has 100 valence electrons. The molecule has 0 aliphatic rings. The normalized spacial score (nSPS) is 10.5. The zero-order valence-corrected chi connectivity index (χ0v) is 13.7. The van der Waals surface area contributed by atoms with Gasteiger partial charge in [0.15, 0.2) is 0 Å². The fourth-order valence-electron chi connectivity index (χ4n) is 1.63. The first kappa shape index (κ1) is 15.0. The second kappa shape index (κ2) is 6.85. The molecule has 2 aromatic rings. The van der Waals surface area contributed by atoms with Gasteiger partial charge < -0.3 is 4.74 Å². The van der Waals surface area contributed by atoms with Crippen LogP contribution in [0.15, 0.2) is 36.4 Å². The van der Waals surface area contributed by atoms with Gasteiger partial charge >= 0.3 is 0 Å². The lowest BCUT2D eigenvalue weighted by Crippen LogP contribution is -2.00.